The number of nitrogens with zero attached hydrogens (tertiary/aromatic N) is 2. The molecule has 3 aromatic rings. The third-order valence-electron chi connectivity index (χ3n) is 4.43. The number of carbonyl (C=O) groups excluding carboxylic acids is 1. The van der Waals surface area contributed by atoms with Gasteiger partial charge in [0.15, 0.2) is 0 Å². The van der Waals surface area contributed by atoms with Gasteiger partial charge < -0.3 is 10.1 Å². The average Bonchev–Trinajstić information content (AvgIpc) is 2.96. The van der Waals surface area contributed by atoms with Crippen LogP contribution in [-0.4, -0.2) is 29.3 Å². The maximum atomic E-state index is 12.3. The van der Waals surface area contributed by atoms with Crippen LogP contribution in [0.1, 0.15) is 27.3 Å². The molecule has 0 saturated heterocycles. The normalized spacial score (nSPS) is 10.6. The van der Waals surface area contributed by atoms with Crippen molar-refractivity contribution in [3.05, 3.63) is 77.1 Å². The number of benzene rings is 2. The second kappa shape index (κ2) is 7.87. The van der Waals surface area contributed by atoms with E-state index in [9.17, 15) is 4.79 Å². The highest BCUT2D eigenvalue weighted by molar-refractivity contribution is 5.94. The maximum absolute atomic E-state index is 12.3. The molecule has 0 atom stereocenters. The molecule has 134 valence electrons. The predicted octanol–water partition coefficient (Wildman–Crippen LogP) is 3.47. The molecule has 0 aliphatic heterocycles. The Morgan fingerprint density at radius 1 is 1.12 bits per heavy atom. The lowest BCUT2D eigenvalue weighted by atomic mass is 10.1. The number of carbonyl (C=O) groups is 1. The van der Waals surface area contributed by atoms with Crippen LogP contribution in [0, 0.1) is 13.8 Å². The van der Waals surface area contributed by atoms with Gasteiger partial charge in [-0.15, -0.1) is 0 Å². The maximum Gasteiger partial charge on any atom is 0.251 e. The lowest BCUT2D eigenvalue weighted by molar-refractivity contribution is 0.0953. The van der Waals surface area contributed by atoms with Crippen LogP contribution < -0.4 is 10.1 Å². The van der Waals surface area contributed by atoms with Gasteiger partial charge in [-0.25, -0.2) is 4.68 Å². The Morgan fingerprint density at radius 2 is 1.88 bits per heavy atom. The summed E-state index contributed by atoms with van der Waals surface area (Å²) in [6.07, 6.45) is 0.736. The zero-order chi connectivity index (χ0) is 18.5. The van der Waals surface area contributed by atoms with Gasteiger partial charge in [-0.3, -0.25) is 4.79 Å². The predicted molar refractivity (Wildman–Crippen MR) is 102 cm³/mol. The molecule has 0 unspecified atom stereocenters. The number of rotatable bonds is 6. The molecule has 1 N–H and O–H groups in total. The largest absolute Gasteiger partial charge is 0.497 e. The molecule has 0 aliphatic carbocycles. The van der Waals surface area contributed by atoms with Crippen LogP contribution in [-0.2, 0) is 6.42 Å². The fourth-order valence-electron chi connectivity index (χ4n) is 3.02. The molecule has 0 bridgehead atoms. The minimum absolute atomic E-state index is 0.102. The van der Waals surface area contributed by atoms with Gasteiger partial charge in [-0.05, 0) is 56.2 Å². The summed E-state index contributed by atoms with van der Waals surface area (Å²) < 4.78 is 7.12. The molecule has 26 heavy (non-hydrogen) atoms. The molecule has 2 aromatic carbocycles. The van der Waals surface area contributed by atoms with Crippen molar-refractivity contribution in [2.45, 2.75) is 20.3 Å². The minimum atomic E-state index is -0.102. The van der Waals surface area contributed by atoms with E-state index in [-0.39, 0.29) is 5.91 Å². The summed E-state index contributed by atoms with van der Waals surface area (Å²) >= 11 is 0. The van der Waals surface area contributed by atoms with E-state index in [4.69, 9.17) is 4.74 Å². The summed E-state index contributed by atoms with van der Waals surface area (Å²) in [5, 5.41) is 7.62. The number of methoxy groups -OCH3 is 1. The molecule has 0 fully saturated rings. The SMILES string of the molecule is COc1cccc(C(=O)NCCc2c(C)nn(-c3ccccc3)c2C)c1. The quantitative estimate of drug-likeness (QED) is 0.741. The first kappa shape index (κ1) is 17.7. The van der Waals surface area contributed by atoms with Gasteiger partial charge in [0.1, 0.15) is 5.75 Å². The topological polar surface area (TPSA) is 56.1 Å². The van der Waals surface area contributed by atoms with E-state index in [0.29, 0.717) is 17.9 Å². The Labute approximate surface area is 153 Å². The summed E-state index contributed by atoms with van der Waals surface area (Å²) in [4.78, 5) is 12.3. The second-order valence-electron chi connectivity index (χ2n) is 6.13. The van der Waals surface area contributed by atoms with Gasteiger partial charge >= 0.3 is 0 Å². The van der Waals surface area contributed by atoms with Gasteiger partial charge in [0.25, 0.3) is 5.91 Å². The Hall–Kier alpha value is -3.08. The van der Waals surface area contributed by atoms with Gasteiger partial charge in [0, 0.05) is 17.8 Å². The molecule has 3 rings (SSSR count). The second-order valence-corrected chi connectivity index (χ2v) is 6.13. The molecule has 0 spiro atoms. The fourth-order valence-corrected chi connectivity index (χ4v) is 3.02. The van der Waals surface area contributed by atoms with E-state index in [2.05, 4.69) is 17.3 Å². The third kappa shape index (κ3) is 3.77. The summed E-state index contributed by atoms with van der Waals surface area (Å²) in [5.74, 6) is 0.572. The van der Waals surface area contributed by atoms with Gasteiger partial charge in [0.2, 0.25) is 0 Å². The van der Waals surface area contributed by atoms with E-state index in [1.54, 1.807) is 19.2 Å². The van der Waals surface area contributed by atoms with E-state index in [0.717, 1.165) is 23.5 Å². The Balaban J connectivity index is 1.67. The summed E-state index contributed by atoms with van der Waals surface area (Å²) in [6, 6.07) is 17.2. The van der Waals surface area contributed by atoms with Crippen molar-refractivity contribution in [1.82, 2.24) is 15.1 Å². The minimum Gasteiger partial charge on any atom is -0.497 e. The van der Waals surface area contributed by atoms with Crippen LogP contribution in [0.15, 0.2) is 54.6 Å². The number of hydrogen-bond acceptors (Lipinski definition) is 3. The van der Waals surface area contributed by atoms with Crippen molar-refractivity contribution in [3.63, 3.8) is 0 Å². The zero-order valence-electron chi connectivity index (χ0n) is 15.3. The Kier molecular flexibility index (Phi) is 5.37. The molecule has 0 aliphatic rings. The van der Waals surface area contributed by atoms with Gasteiger partial charge in [-0.2, -0.15) is 5.10 Å². The van der Waals surface area contributed by atoms with Crippen LogP contribution in [0.25, 0.3) is 5.69 Å². The summed E-state index contributed by atoms with van der Waals surface area (Å²) in [5.41, 5.74) is 4.89. The lowest BCUT2D eigenvalue weighted by Crippen LogP contribution is -2.25. The van der Waals surface area contributed by atoms with Crippen molar-refractivity contribution in [3.8, 4) is 11.4 Å². The zero-order valence-corrected chi connectivity index (χ0v) is 15.3. The molecule has 5 heteroatoms. The highest BCUT2D eigenvalue weighted by Crippen LogP contribution is 2.18. The first-order chi connectivity index (χ1) is 12.6. The number of amides is 1. The number of para-hydroxylation sites is 1. The number of nitrogens with one attached hydrogen (secondary N) is 1. The molecule has 0 saturated carbocycles. The van der Waals surface area contributed by atoms with E-state index in [1.807, 2.05) is 54.1 Å². The van der Waals surface area contributed by atoms with Crippen molar-refractivity contribution in [1.29, 1.82) is 0 Å². The highest BCUT2D eigenvalue weighted by atomic mass is 16.5. The van der Waals surface area contributed by atoms with Crippen molar-refractivity contribution in [2.24, 2.45) is 0 Å². The summed E-state index contributed by atoms with van der Waals surface area (Å²) in [7, 11) is 1.59. The van der Waals surface area contributed by atoms with Crippen LogP contribution in [0.5, 0.6) is 5.75 Å². The van der Waals surface area contributed by atoms with Crippen LogP contribution in [0.3, 0.4) is 0 Å². The first-order valence-electron chi connectivity index (χ1n) is 8.63. The molecule has 5 nitrogen and oxygen atoms in total. The van der Waals surface area contributed by atoms with Crippen LogP contribution >= 0.6 is 0 Å². The highest BCUT2D eigenvalue weighted by Gasteiger charge is 2.13. The van der Waals surface area contributed by atoms with Crippen molar-refractivity contribution < 1.29 is 9.53 Å². The fraction of sp³-hybridized carbons (Fsp3) is 0.238. The van der Waals surface area contributed by atoms with Crippen molar-refractivity contribution >= 4 is 5.91 Å². The summed E-state index contributed by atoms with van der Waals surface area (Å²) in [6.45, 7) is 4.62. The molecular weight excluding hydrogens is 326 g/mol. The monoisotopic (exact) mass is 349 g/mol. The molecule has 1 aromatic heterocycles. The average molecular weight is 349 g/mol. The smallest absolute Gasteiger partial charge is 0.251 e. The van der Waals surface area contributed by atoms with Crippen LogP contribution in [0.4, 0.5) is 0 Å². The molecule has 1 heterocycles. The lowest BCUT2D eigenvalue weighted by Gasteiger charge is -2.08. The molecular formula is C21H23N3O2. The third-order valence-corrected chi connectivity index (χ3v) is 4.43. The van der Waals surface area contributed by atoms with Gasteiger partial charge in [-0.1, -0.05) is 24.3 Å². The first-order valence-corrected chi connectivity index (χ1v) is 8.63. The number of hydrogen-bond donors (Lipinski definition) is 1. The van der Waals surface area contributed by atoms with Crippen molar-refractivity contribution in [2.75, 3.05) is 13.7 Å². The Morgan fingerprint density at radius 3 is 2.62 bits per heavy atom. The number of aryl methyl sites for hydroxylation is 1. The number of aromatic nitrogens is 2. The van der Waals surface area contributed by atoms with Crippen LogP contribution in [0.2, 0.25) is 0 Å². The van der Waals surface area contributed by atoms with Gasteiger partial charge in [0.05, 0.1) is 18.5 Å². The van der Waals surface area contributed by atoms with E-state index in [1.165, 1.54) is 5.56 Å². The van der Waals surface area contributed by atoms with E-state index >= 15 is 0 Å². The molecule has 1 amide bonds. The molecule has 0 radical (unpaired) electrons. The van der Waals surface area contributed by atoms with E-state index < -0.39 is 0 Å². The number of ether oxygens (including phenoxy) is 1. The standard InChI is InChI=1S/C21H23N3O2/c1-15-20(16(2)24(23-15)18-9-5-4-6-10-18)12-13-22-21(25)17-8-7-11-19(14-17)26-3/h4-11,14H,12-13H2,1-3H3,(H,22,25). The Bertz CT molecular complexity index is 901.